The summed E-state index contributed by atoms with van der Waals surface area (Å²) in [5.41, 5.74) is 3.43. The molecule has 0 atom stereocenters. The minimum absolute atomic E-state index is 0.103. The van der Waals surface area contributed by atoms with Crippen LogP contribution in [0, 0.1) is 0 Å². The number of carbonyl (C=O) groups excluding carboxylic acids is 1. The molecule has 5 nitrogen and oxygen atoms in total. The Labute approximate surface area is 154 Å². The maximum Gasteiger partial charge on any atom is 0.273 e. The van der Waals surface area contributed by atoms with Crippen LogP contribution in [0.2, 0.25) is 0 Å². The number of rotatable bonds is 4. The molecule has 1 aliphatic rings. The molecule has 26 heavy (non-hydrogen) atoms. The number of hydrogen-bond donors (Lipinski definition) is 1. The fraction of sp³-hybridized carbons (Fsp3) is 0.429. The molecule has 1 saturated carbocycles. The summed E-state index contributed by atoms with van der Waals surface area (Å²) in [5.74, 6) is 0.420. The maximum absolute atomic E-state index is 13.0. The van der Waals surface area contributed by atoms with Gasteiger partial charge in [0.15, 0.2) is 0 Å². The van der Waals surface area contributed by atoms with E-state index in [0.29, 0.717) is 11.6 Å². The van der Waals surface area contributed by atoms with Crippen molar-refractivity contribution in [2.75, 3.05) is 5.32 Å². The third-order valence-electron chi connectivity index (χ3n) is 4.96. The number of benzene rings is 1. The Balaban J connectivity index is 1.64. The van der Waals surface area contributed by atoms with E-state index in [1.54, 1.807) is 0 Å². The summed E-state index contributed by atoms with van der Waals surface area (Å²) in [4.78, 5) is 13.0. The predicted molar refractivity (Wildman–Crippen MR) is 105 cm³/mol. The summed E-state index contributed by atoms with van der Waals surface area (Å²) in [6, 6.07) is 10.1. The molecule has 1 aliphatic carbocycles. The van der Waals surface area contributed by atoms with E-state index in [1.807, 2.05) is 22.9 Å². The van der Waals surface area contributed by atoms with Gasteiger partial charge >= 0.3 is 0 Å². The monoisotopic (exact) mass is 350 g/mol. The fourth-order valence-electron chi connectivity index (χ4n) is 3.40. The number of carbonyl (C=O) groups is 1. The Morgan fingerprint density at radius 1 is 1.23 bits per heavy atom. The van der Waals surface area contributed by atoms with Crippen molar-refractivity contribution in [3.63, 3.8) is 0 Å². The van der Waals surface area contributed by atoms with Gasteiger partial charge in [-0.1, -0.05) is 0 Å². The second kappa shape index (κ2) is 6.01. The lowest BCUT2D eigenvalue weighted by atomic mass is 10.1. The van der Waals surface area contributed by atoms with Crippen molar-refractivity contribution in [3.05, 3.63) is 47.9 Å². The molecule has 0 unspecified atom stereocenters. The van der Waals surface area contributed by atoms with Gasteiger partial charge in [0.1, 0.15) is 5.69 Å². The molecule has 1 fully saturated rings. The van der Waals surface area contributed by atoms with E-state index in [0.717, 1.165) is 23.3 Å². The number of hydrogen-bond acceptors (Lipinski definition) is 2. The number of aromatic nitrogens is 3. The molecule has 0 aliphatic heterocycles. The Morgan fingerprint density at radius 3 is 2.65 bits per heavy atom. The number of nitrogens with zero attached hydrogens (tertiary/aromatic N) is 3. The van der Waals surface area contributed by atoms with E-state index in [-0.39, 0.29) is 11.4 Å². The molecule has 0 radical (unpaired) electrons. The van der Waals surface area contributed by atoms with Crippen LogP contribution in [0.15, 0.2) is 36.5 Å². The third-order valence-corrected chi connectivity index (χ3v) is 4.96. The first-order chi connectivity index (χ1) is 12.4. The van der Waals surface area contributed by atoms with Crippen LogP contribution < -0.4 is 5.32 Å². The van der Waals surface area contributed by atoms with Crippen molar-refractivity contribution in [3.8, 4) is 0 Å². The van der Waals surface area contributed by atoms with Crippen LogP contribution in [0.3, 0.4) is 0 Å². The van der Waals surface area contributed by atoms with E-state index >= 15 is 0 Å². The molecule has 0 saturated heterocycles. The predicted octanol–water partition coefficient (Wildman–Crippen LogP) is 4.74. The summed E-state index contributed by atoms with van der Waals surface area (Å²) in [6.45, 7) is 9.29. The van der Waals surface area contributed by atoms with E-state index in [1.165, 1.54) is 18.4 Å². The van der Waals surface area contributed by atoms with Gasteiger partial charge in [-0.2, -0.15) is 5.10 Å². The van der Waals surface area contributed by atoms with E-state index in [2.05, 4.69) is 55.9 Å². The zero-order valence-electron chi connectivity index (χ0n) is 15.9. The molecule has 0 spiro atoms. The third kappa shape index (κ3) is 3.02. The van der Waals surface area contributed by atoms with Crippen LogP contribution in [0.25, 0.3) is 10.9 Å². The standard InChI is InChI=1S/C21H26N4O/c1-5-24-11-10-15-12-16(8-9-18(15)24)22-20(26)19-13-17(14-6-7-14)23-25(19)21(2,3)4/h8-14H,5-7H2,1-4H3,(H,22,26). The fourth-order valence-corrected chi connectivity index (χ4v) is 3.40. The summed E-state index contributed by atoms with van der Waals surface area (Å²) in [6.07, 6.45) is 4.42. The Kier molecular flexibility index (Phi) is 3.90. The first-order valence-corrected chi connectivity index (χ1v) is 9.37. The highest BCUT2D eigenvalue weighted by Crippen LogP contribution is 2.40. The molecule has 1 amide bonds. The highest BCUT2D eigenvalue weighted by atomic mass is 16.2. The normalized spacial score (nSPS) is 14.8. The van der Waals surface area contributed by atoms with Gasteiger partial charge in [-0.05, 0) is 70.9 Å². The van der Waals surface area contributed by atoms with Crippen molar-refractivity contribution < 1.29 is 4.79 Å². The molecule has 1 N–H and O–H groups in total. The van der Waals surface area contributed by atoms with Crippen molar-refractivity contribution in [2.45, 2.75) is 58.5 Å². The molecule has 2 heterocycles. The molecule has 4 rings (SSSR count). The minimum atomic E-state index is -0.234. The number of fused-ring (bicyclic) bond motifs is 1. The lowest BCUT2D eigenvalue weighted by Crippen LogP contribution is -2.29. The van der Waals surface area contributed by atoms with Gasteiger partial charge in [0, 0.05) is 35.2 Å². The maximum atomic E-state index is 13.0. The molecule has 5 heteroatoms. The molecular formula is C21H26N4O. The quantitative estimate of drug-likeness (QED) is 0.739. The highest BCUT2D eigenvalue weighted by molar-refractivity contribution is 6.04. The van der Waals surface area contributed by atoms with E-state index < -0.39 is 0 Å². The van der Waals surface area contributed by atoms with Crippen LogP contribution >= 0.6 is 0 Å². The molecule has 2 aromatic heterocycles. The SMILES string of the molecule is CCn1ccc2cc(NC(=O)c3cc(C4CC4)nn3C(C)(C)C)ccc21. The Bertz CT molecular complexity index is 970. The van der Waals surface area contributed by atoms with Gasteiger partial charge in [-0.25, -0.2) is 0 Å². The number of amides is 1. The first kappa shape index (κ1) is 16.9. The van der Waals surface area contributed by atoms with Gasteiger partial charge in [0.2, 0.25) is 0 Å². The molecule has 0 bridgehead atoms. The van der Waals surface area contributed by atoms with Crippen molar-refractivity contribution in [1.29, 1.82) is 0 Å². The lowest BCUT2D eigenvalue weighted by molar-refractivity contribution is 0.100. The van der Waals surface area contributed by atoms with Gasteiger partial charge in [-0.3, -0.25) is 9.48 Å². The summed E-state index contributed by atoms with van der Waals surface area (Å²) >= 11 is 0. The molecular weight excluding hydrogens is 324 g/mol. The number of aryl methyl sites for hydroxylation is 1. The van der Waals surface area contributed by atoms with Gasteiger partial charge in [0.05, 0.1) is 11.2 Å². The van der Waals surface area contributed by atoms with Crippen LogP contribution in [0.4, 0.5) is 5.69 Å². The Hall–Kier alpha value is -2.56. The number of anilines is 1. The summed E-state index contributed by atoms with van der Waals surface area (Å²) < 4.78 is 4.06. The van der Waals surface area contributed by atoms with Gasteiger partial charge in [-0.15, -0.1) is 0 Å². The summed E-state index contributed by atoms with van der Waals surface area (Å²) in [7, 11) is 0. The van der Waals surface area contributed by atoms with Gasteiger partial charge in [0.25, 0.3) is 5.91 Å². The minimum Gasteiger partial charge on any atom is -0.348 e. The number of nitrogens with one attached hydrogen (secondary N) is 1. The van der Waals surface area contributed by atoms with Crippen molar-refractivity contribution >= 4 is 22.5 Å². The zero-order valence-corrected chi connectivity index (χ0v) is 15.9. The van der Waals surface area contributed by atoms with Crippen LogP contribution in [0.5, 0.6) is 0 Å². The molecule has 136 valence electrons. The van der Waals surface area contributed by atoms with Crippen molar-refractivity contribution in [1.82, 2.24) is 14.3 Å². The highest BCUT2D eigenvalue weighted by Gasteiger charge is 2.31. The molecule has 1 aromatic carbocycles. The Morgan fingerprint density at radius 2 is 2.00 bits per heavy atom. The molecule has 3 aromatic rings. The zero-order chi connectivity index (χ0) is 18.5. The smallest absolute Gasteiger partial charge is 0.273 e. The van der Waals surface area contributed by atoms with Crippen LogP contribution in [-0.2, 0) is 12.1 Å². The second-order valence-corrected chi connectivity index (χ2v) is 8.14. The average molecular weight is 350 g/mol. The lowest BCUT2D eigenvalue weighted by Gasteiger charge is -2.22. The van der Waals surface area contributed by atoms with Crippen molar-refractivity contribution in [2.24, 2.45) is 0 Å². The first-order valence-electron chi connectivity index (χ1n) is 9.37. The topological polar surface area (TPSA) is 51.9 Å². The van der Waals surface area contributed by atoms with Crippen LogP contribution in [0.1, 0.15) is 62.6 Å². The summed E-state index contributed by atoms with van der Waals surface area (Å²) in [5, 5.41) is 8.91. The largest absolute Gasteiger partial charge is 0.348 e. The average Bonchev–Trinajstić information content (AvgIpc) is 3.19. The second-order valence-electron chi connectivity index (χ2n) is 8.14. The van der Waals surface area contributed by atoms with E-state index in [4.69, 9.17) is 5.10 Å². The van der Waals surface area contributed by atoms with Gasteiger partial charge < -0.3 is 9.88 Å². The van der Waals surface area contributed by atoms with Crippen LogP contribution in [-0.4, -0.2) is 20.3 Å². The van der Waals surface area contributed by atoms with E-state index in [9.17, 15) is 4.79 Å².